The minimum Gasteiger partial charge on any atom is -0.497 e. The summed E-state index contributed by atoms with van der Waals surface area (Å²) in [5.41, 5.74) is 3.42. The van der Waals surface area contributed by atoms with Crippen molar-refractivity contribution >= 4 is 16.8 Å². The van der Waals surface area contributed by atoms with Gasteiger partial charge in [-0.3, -0.25) is 4.79 Å². The van der Waals surface area contributed by atoms with E-state index in [0.717, 1.165) is 16.8 Å². The van der Waals surface area contributed by atoms with Gasteiger partial charge in [0, 0.05) is 42.5 Å². The molecule has 0 bridgehead atoms. The quantitative estimate of drug-likeness (QED) is 0.584. The monoisotopic (exact) mass is 351 g/mol. The van der Waals surface area contributed by atoms with Crippen molar-refractivity contribution in [1.29, 1.82) is 0 Å². The number of carbonyl (C=O) groups is 1. The Hall–Kier alpha value is -2.79. The third kappa shape index (κ3) is 4.06. The molecule has 2 aromatic carbocycles. The van der Waals surface area contributed by atoms with Crippen LogP contribution in [0.2, 0.25) is 0 Å². The first-order valence-corrected chi connectivity index (χ1v) is 8.84. The number of aromatic amines is 1. The maximum absolute atomic E-state index is 12.1. The molecule has 0 aliphatic heterocycles. The Morgan fingerprint density at radius 1 is 1.15 bits per heavy atom. The molecule has 3 rings (SSSR count). The van der Waals surface area contributed by atoms with Crippen molar-refractivity contribution in [3.05, 3.63) is 65.9 Å². The van der Waals surface area contributed by atoms with Crippen LogP contribution in [0.3, 0.4) is 0 Å². The van der Waals surface area contributed by atoms with Crippen LogP contribution >= 0.6 is 0 Å². The predicted octanol–water partition coefficient (Wildman–Crippen LogP) is 3.03. The molecular formula is C21H25N3O2. The van der Waals surface area contributed by atoms with E-state index in [1.165, 1.54) is 10.9 Å². The van der Waals surface area contributed by atoms with E-state index in [4.69, 9.17) is 4.74 Å². The normalized spacial score (nSPS) is 12.1. The molecule has 26 heavy (non-hydrogen) atoms. The van der Waals surface area contributed by atoms with Gasteiger partial charge in [-0.2, -0.15) is 0 Å². The van der Waals surface area contributed by atoms with Crippen molar-refractivity contribution in [2.24, 2.45) is 0 Å². The van der Waals surface area contributed by atoms with E-state index < -0.39 is 0 Å². The highest BCUT2D eigenvalue weighted by Crippen LogP contribution is 2.31. The Bertz CT molecular complexity index is 855. The molecule has 0 spiro atoms. The number of aromatic nitrogens is 1. The van der Waals surface area contributed by atoms with Crippen molar-refractivity contribution in [2.45, 2.75) is 12.3 Å². The minimum atomic E-state index is 0.0534. The number of benzene rings is 2. The van der Waals surface area contributed by atoms with Gasteiger partial charge in [0.05, 0.1) is 7.11 Å². The summed E-state index contributed by atoms with van der Waals surface area (Å²) in [5.74, 6) is 0.942. The van der Waals surface area contributed by atoms with Crippen LogP contribution in [-0.4, -0.2) is 38.1 Å². The van der Waals surface area contributed by atoms with E-state index >= 15 is 0 Å². The lowest BCUT2D eigenvalue weighted by Gasteiger charge is -2.18. The van der Waals surface area contributed by atoms with Crippen molar-refractivity contribution in [3.63, 3.8) is 0 Å². The van der Waals surface area contributed by atoms with Gasteiger partial charge in [-0.15, -0.1) is 0 Å². The number of H-pyrrole nitrogens is 1. The molecule has 5 heteroatoms. The van der Waals surface area contributed by atoms with Crippen molar-refractivity contribution < 1.29 is 9.53 Å². The Morgan fingerprint density at radius 2 is 1.92 bits per heavy atom. The molecule has 3 N–H and O–H groups in total. The second-order valence-electron chi connectivity index (χ2n) is 6.27. The Kier molecular flexibility index (Phi) is 5.92. The lowest BCUT2D eigenvalue weighted by molar-refractivity contribution is -0.121. The number of ether oxygens (including phenoxy) is 1. The topological polar surface area (TPSA) is 66.2 Å². The van der Waals surface area contributed by atoms with Crippen molar-refractivity contribution in [1.82, 2.24) is 15.6 Å². The first kappa shape index (κ1) is 18.0. The molecule has 3 aromatic rings. The zero-order valence-corrected chi connectivity index (χ0v) is 15.2. The largest absolute Gasteiger partial charge is 0.497 e. The molecule has 0 fully saturated rings. The fraction of sp³-hybridized carbons (Fsp3) is 0.286. The highest BCUT2D eigenvalue weighted by atomic mass is 16.5. The lowest BCUT2D eigenvalue weighted by atomic mass is 9.90. The summed E-state index contributed by atoms with van der Waals surface area (Å²) in [6, 6.07) is 16.3. The first-order chi connectivity index (χ1) is 12.7. The van der Waals surface area contributed by atoms with Crippen LogP contribution in [0.25, 0.3) is 10.9 Å². The summed E-state index contributed by atoms with van der Waals surface area (Å²) in [6.45, 7) is 1.23. The van der Waals surface area contributed by atoms with Gasteiger partial charge in [0.1, 0.15) is 5.75 Å². The maximum Gasteiger partial charge on any atom is 0.221 e. The fourth-order valence-corrected chi connectivity index (χ4v) is 3.17. The maximum atomic E-state index is 12.1. The molecule has 1 amide bonds. The van der Waals surface area contributed by atoms with Gasteiger partial charge in [0.2, 0.25) is 5.91 Å². The van der Waals surface area contributed by atoms with Crippen LogP contribution in [0.15, 0.2) is 54.7 Å². The number of hydrogen-bond acceptors (Lipinski definition) is 3. The standard InChI is InChI=1S/C21H25N3O2/c1-22-12-11-21(25)24-13-18(15-7-9-16(26-2)10-8-15)19-14-23-20-6-4-3-5-17(19)20/h3-10,14,18,22-23H,11-13H2,1-2H3,(H,24,25). The zero-order valence-electron chi connectivity index (χ0n) is 15.2. The summed E-state index contributed by atoms with van der Waals surface area (Å²) in [7, 11) is 3.51. The SMILES string of the molecule is CNCCC(=O)NCC(c1ccc(OC)cc1)c1c[nH]c2ccccc12. The fourth-order valence-electron chi connectivity index (χ4n) is 3.17. The van der Waals surface area contributed by atoms with Crippen molar-refractivity contribution in [2.75, 3.05) is 27.2 Å². The molecule has 1 heterocycles. The summed E-state index contributed by atoms with van der Waals surface area (Å²) in [4.78, 5) is 15.4. The second kappa shape index (κ2) is 8.54. The predicted molar refractivity (Wildman–Crippen MR) is 105 cm³/mol. The summed E-state index contributed by atoms with van der Waals surface area (Å²) >= 11 is 0. The third-order valence-corrected chi connectivity index (χ3v) is 4.62. The summed E-state index contributed by atoms with van der Waals surface area (Å²) in [6.07, 6.45) is 2.51. The van der Waals surface area contributed by atoms with Gasteiger partial charge in [0.25, 0.3) is 0 Å². The molecule has 0 aliphatic carbocycles. The molecule has 0 saturated heterocycles. The van der Waals surface area contributed by atoms with E-state index in [1.807, 2.05) is 37.5 Å². The Labute approximate surface area is 153 Å². The van der Waals surface area contributed by atoms with Gasteiger partial charge in [0.15, 0.2) is 0 Å². The molecule has 0 aliphatic rings. The lowest BCUT2D eigenvalue weighted by Crippen LogP contribution is -2.30. The van der Waals surface area contributed by atoms with Crippen LogP contribution in [0, 0.1) is 0 Å². The number of methoxy groups -OCH3 is 1. The van der Waals surface area contributed by atoms with Gasteiger partial charge >= 0.3 is 0 Å². The molecule has 1 unspecified atom stereocenters. The van der Waals surface area contributed by atoms with E-state index in [0.29, 0.717) is 19.5 Å². The van der Waals surface area contributed by atoms with Crippen LogP contribution in [0.5, 0.6) is 5.75 Å². The molecule has 1 aromatic heterocycles. The van der Waals surface area contributed by atoms with Gasteiger partial charge in [-0.1, -0.05) is 30.3 Å². The van der Waals surface area contributed by atoms with Gasteiger partial charge in [-0.25, -0.2) is 0 Å². The minimum absolute atomic E-state index is 0.0534. The summed E-state index contributed by atoms with van der Waals surface area (Å²) in [5, 5.41) is 7.25. The van der Waals surface area contributed by atoms with Crippen LogP contribution < -0.4 is 15.4 Å². The average Bonchev–Trinajstić information content (AvgIpc) is 3.11. The highest BCUT2D eigenvalue weighted by molar-refractivity contribution is 5.84. The van der Waals surface area contributed by atoms with Crippen LogP contribution in [0.1, 0.15) is 23.5 Å². The molecule has 0 saturated carbocycles. The Morgan fingerprint density at radius 3 is 2.65 bits per heavy atom. The number of nitrogens with one attached hydrogen (secondary N) is 3. The van der Waals surface area contributed by atoms with Gasteiger partial charge < -0.3 is 20.4 Å². The number of fused-ring (bicyclic) bond motifs is 1. The number of carbonyl (C=O) groups excluding carboxylic acids is 1. The van der Waals surface area contributed by atoms with Crippen LogP contribution in [0.4, 0.5) is 0 Å². The van der Waals surface area contributed by atoms with E-state index in [-0.39, 0.29) is 11.8 Å². The molecule has 0 radical (unpaired) electrons. The number of rotatable bonds is 8. The van der Waals surface area contributed by atoms with E-state index in [1.54, 1.807) is 7.11 Å². The van der Waals surface area contributed by atoms with E-state index in [2.05, 4.69) is 39.9 Å². The zero-order chi connectivity index (χ0) is 18.4. The highest BCUT2D eigenvalue weighted by Gasteiger charge is 2.19. The number of para-hydroxylation sites is 1. The Balaban J connectivity index is 1.89. The second-order valence-corrected chi connectivity index (χ2v) is 6.27. The van der Waals surface area contributed by atoms with Gasteiger partial charge in [-0.05, 0) is 36.4 Å². The molecule has 1 atom stereocenters. The summed E-state index contributed by atoms with van der Waals surface area (Å²) < 4.78 is 5.27. The molecule has 136 valence electrons. The third-order valence-electron chi connectivity index (χ3n) is 4.62. The molecule has 5 nitrogen and oxygen atoms in total. The first-order valence-electron chi connectivity index (χ1n) is 8.84. The average molecular weight is 351 g/mol. The van der Waals surface area contributed by atoms with Crippen LogP contribution in [-0.2, 0) is 4.79 Å². The number of hydrogen-bond donors (Lipinski definition) is 3. The van der Waals surface area contributed by atoms with Crippen molar-refractivity contribution in [3.8, 4) is 5.75 Å². The van der Waals surface area contributed by atoms with E-state index in [9.17, 15) is 4.79 Å². The number of amides is 1. The smallest absolute Gasteiger partial charge is 0.221 e. The molecular weight excluding hydrogens is 326 g/mol.